The van der Waals surface area contributed by atoms with Crippen LogP contribution in [-0.2, 0) is 9.84 Å². The van der Waals surface area contributed by atoms with E-state index in [2.05, 4.69) is 10.1 Å². The zero-order valence-electron chi connectivity index (χ0n) is 13.1. The lowest BCUT2D eigenvalue weighted by molar-refractivity contribution is 0.350. The molecule has 0 unspecified atom stereocenters. The third kappa shape index (κ3) is 4.20. The summed E-state index contributed by atoms with van der Waals surface area (Å²) < 4.78 is 38.1. The van der Waals surface area contributed by atoms with Crippen molar-refractivity contribution in [3.63, 3.8) is 0 Å². The van der Waals surface area contributed by atoms with E-state index in [1.165, 1.54) is 14.2 Å². The van der Waals surface area contributed by atoms with E-state index < -0.39 is 15.9 Å². The van der Waals surface area contributed by atoms with Gasteiger partial charge in [-0.15, -0.1) is 0 Å². The van der Waals surface area contributed by atoms with E-state index in [4.69, 9.17) is 19.7 Å². The van der Waals surface area contributed by atoms with E-state index in [0.29, 0.717) is 22.9 Å². The maximum Gasteiger partial charge on any atom is 0.243 e. The molecule has 0 saturated carbocycles. The molecule has 1 aromatic carbocycles. The molecule has 8 nitrogen and oxygen atoms in total. The summed E-state index contributed by atoms with van der Waals surface area (Å²) >= 11 is 0. The van der Waals surface area contributed by atoms with Crippen LogP contribution in [0, 0.1) is 0 Å². The number of nitrogens with two attached hydrogens (primary N) is 1. The normalized spacial score (nSPS) is 12.9. The first-order valence-electron chi connectivity index (χ1n) is 6.84. The molecule has 0 aliphatic heterocycles. The lowest BCUT2D eigenvalue weighted by atomic mass is 10.1. The van der Waals surface area contributed by atoms with Gasteiger partial charge in [-0.1, -0.05) is 11.2 Å². The van der Waals surface area contributed by atoms with Crippen LogP contribution in [0.2, 0.25) is 0 Å². The van der Waals surface area contributed by atoms with Gasteiger partial charge >= 0.3 is 0 Å². The number of hydrogen-bond donors (Lipinski definition) is 1. The number of para-hydroxylation sites is 1. The summed E-state index contributed by atoms with van der Waals surface area (Å²) in [6.45, 7) is 0. The minimum absolute atomic E-state index is 0.0473. The minimum atomic E-state index is -3.10. The molecular formula is C14H19N3O5S. The Morgan fingerprint density at radius 3 is 2.65 bits per heavy atom. The third-order valence-corrected chi connectivity index (χ3v) is 4.18. The summed E-state index contributed by atoms with van der Waals surface area (Å²) in [5.41, 5.74) is 6.50. The second kappa shape index (κ2) is 6.97. The lowest BCUT2D eigenvalue weighted by Crippen LogP contribution is -2.16. The van der Waals surface area contributed by atoms with Crippen LogP contribution in [0.1, 0.15) is 18.4 Å². The maximum absolute atomic E-state index is 11.2. The van der Waals surface area contributed by atoms with Gasteiger partial charge < -0.3 is 19.7 Å². The van der Waals surface area contributed by atoms with Gasteiger partial charge in [0.05, 0.1) is 31.6 Å². The van der Waals surface area contributed by atoms with Crippen molar-refractivity contribution in [1.29, 1.82) is 0 Å². The Labute approximate surface area is 134 Å². The molecule has 1 aromatic heterocycles. The average Bonchev–Trinajstić information content (AvgIpc) is 3.00. The maximum atomic E-state index is 11.2. The highest BCUT2D eigenvalue weighted by atomic mass is 32.2. The van der Waals surface area contributed by atoms with E-state index in [1.807, 2.05) is 0 Å². The quantitative estimate of drug-likeness (QED) is 0.798. The Morgan fingerprint density at radius 2 is 2.04 bits per heavy atom. The smallest absolute Gasteiger partial charge is 0.243 e. The SMILES string of the molecule is COc1cccc(-c2noc([C@H](N)CCS(C)(=O)=O)n2)c1OC. The van der Waals surface area contributed by atoms with Gasteiger partial charge in [0.1, 0.15) is 9.84 Å². The van der Waals surface area contributed by atoms with Crippen LogP contribution in [0.15, 0.2) is 22.7 Å². The fourth-order valence-corrected chi connectivity index (χ4v) is 2.71. The summed E-state index contributed by atoms with van der Waals surface area (Å²) in [7, 11) is -0.0524. The van der Waals surface area contributed by atoms with E-state index in [0.717, 1.165) is 6.26 Å². The van der Waals surface area contributed by atoms with Crippen molar-refractivity contribution in [2.24, 2.45) is 5.73 Å². The molecule has 23 heavy (non-hydrogen) atoms. The topological polar surface area (TPSA) is 118 Å². The summed E-state index contributed by atoms with van der Waals surface area (Å²) in [6.07, 6.45) is 1.36. The van der Waals surface area contributed by atoms with Crippen LogP contribution in [0.4, 0.5) is 0 Å². The van der Waals surface area contributed by atoms with Gasteiger partial charge in [0.25, 0.3) is 0 Å². The average molecular weight is 341 g/mol. The monoisotopic (exact) mass is 341 g/mol. The molecule has 1 heterocycles. The largest absolute Gasteiger partial charge is 0.493 e. The highest BCUT2D eigenvalue weighted by Crippen LogP contribution is 2.36. The Morgan fingerprint density at radius 1 is 1.30 bits per heavy atom. The summed E-state index contributed by atoms with van der Waals surface area (Å²) in [4.78, 5) is 4.23. The van der Waals surface area contributed by atoms with Gasteiger partial charge in [-0.25, -0.2) is 8.42 Å². The molecule has 2 aromatic rings. The fraction of sp³-hybridized carbons (Fsp3) is 0.429. The van der Waals surface area contributed by atoms with Crippen LogP contribution in [0.25, 0.3) is 11.4 Å². The number of nitrogens with zero attached hydrogens (tertiary/aromatic N) is 2. The summed E-state index contributed by atoms with van der Waals surface area (Å²) in [6, 6.07) is 4.64. The molecule has 0 aliphatic rings. The Balaban J connectivity index is 2.26. The number of sulfone groups is 1. The van der Waals surface area contributed by atoms with Gasteiger partial charge in [0, 0.05) is 6.26 Å². The van der Waals surface area contributed by atoms with Crippen molar-refractivity contribution in [1.82, 2.24) is 10.1 Å². The minimum Gasteiger partial charge on any atom is -0.493 e. The molecule has 9 heteroatoms. The number of rotatable bonds is 7. The molecule has 0 saturated heterocycles. The van der Waals surface area contributed by atoms with E-state index >= 15 is 0 Å². The van der Waals surface area contributed by atoms with E-state index in [9.17, 15) is 8.42 Å². The molecule has 0 radical (unpaired) electrons. The van der Waals surface area contributed by atoms with Gasteiger partial charge in [0.2, 0.25) is 11.7 Å². The number of aromatic nitrogens is 2. The number of ether oxygens (including phenoxy) is 2. The van der Waals surface area contributed by atoms with Gasteiger partial charge in [0.15, 0.2) is 11.5 Å². The highest BCUT2D eigenvalue weighted by Gasteiger charge is 2.20. The molecule has 0 amide bonds. The number of benzene rings is 1. The van der Waals surface area contributed by atoms with Crippen LogP contribution < -0.4 is 15.2 Å². The highest BCUT2D eigenvalue weighted by molar-refractivity contribution is 7.90. The molecule has 1 atom stereocenters. The zero-order valence-corrected chi connectivity index (χ0v) is 14.0. The summed E-state index contributed by atoms with van der Waals surface area (Å²) in [5, 5.41) is 3.88. The first-order valence-corrected chi connectivity index (χ1v) is 8.90. The van der Waals surface area contributed by atoms with Crippen molar-refractivity contribution in [3.8, 4) is 22.9 Å². The van der Waals surface area contributed by atoms with Crippen LogP contribution >= 0.6 is 0 Å². The van der Waals surface area contributed by atoms with Crippen molar-refractivity contribution in [2.45, 2.75) is 12.5 Å². The van der Waals surface area contributed by atoms with Gasteiger partial charge in [-0.2, -0.15) is 4.98 Å². The van der Waals surface area contributed by atoms with E-state index in [1.54, 1.807) is 18.2 Å². The van der Waals surface area contributed by atoms with Crippen LogP contribution in [0.3, 0.4) is 0 Å². The van der Waals surface area contributed by atoms with Crippen molar-refractivity contribution in [3.05, 3.63) is 24.1 Å². The summed E-state index contributed by atoms with van der Waals surface area (Å²) in [5.74, 6) is 1.44. The van der Waals surface area contributed by atoms with Gasteiger partial charge in [-0.3, -0.25) is 0 Å². The third-order valence-electron chi connectivity index (χ3n) is 3.20. The molecule has 0 spiro atoms. The number of hydrogen-bond acceptors (Lipinski definition) is 8. The molecule has 2 N–H and O–H groups in total. The predicted molar refractivity (Wildman–Crippen MR) is 84.1 cm³/mol. The first-order chi connectivity index (χ1) is 10.9. The Hall–Kier alpha value is -2.13. The molecule has 126 valence electrons. The lowest BCUT2D eigenvalue weighted by Gasteiger charge is -2.09. The first kappa shape index (κ1) is 17.2. The Kier molecular flexibility index (Phi) is 5.22. The van der Waals surface area contributed by atoms with Crippen molar-refractivity contribution < 1.29 is 22.4 Å². The molecule has 0 bridgehead atoms. The predicted octanol–water partition coefficient (Wildman–Crippen LogP) is 1.19. The molecule has 0 aliphatic carbocycles. The second-order valence-electron chi connectivity index (χ2n) is 5.02. The van der Waals surface area contributed by atoms with Crippen molar-refractivity contribution >= 4 is 9.84 Å². The standard InChI is InChI=1S/C14H19N3O5S/c1-20-11-6-4-5-9(12(11)21-2)13-16-14(22-17-13)10(15)7-8-23(3,18)19/h4-6,10H,7-8,15H2,1-3H3/t10-/m1/s1. The van der Waals surface area contributed by atoms with Crippen molar-refractivity contribution in [2.75, 3.05) is 26.2 Å². The zero-order chi connectivity index (χ0) is 17.0. The van der Waals surface area contributed by atoms with Crippen LogP contribution in [-0.4, -0.2) is 44.8 Å². The van der Waals surface area contributed by atoms with E-state index in [-0.39, 0.29) is 18.1 Å². The Bertz CT molecular complexity index is 772. The number of methoxy groups -OCH3 is 2. The second-order valence-corrected chi connectivity index (χ2v) is 7.28. The van der Waals surface area contributed by atoms with Gasteiger partial charge in [-0.05, 0) is 18.6 Å². The molecular weight excluding hydrogens is 322 g/mol. The molecule has 2 rings (SSSR count). The molecule has 0 fully saturated rings. The fourth-order valence-electron chi connectivity index (χ4n) is 2.02. The van der Waals surface area contributed by atoms with Crippen LogP contribution in [0.5, 0.6) is 11.5 Å².